The second kappa shape index (κ2) is 9.52. The number of halogens is 1. The summed E-state index contributed by atoms with van der Waals surface area (Å²) < 4.78 is 11.0. The average molecular weight is 418 g/mol. The highest BCUT2D eigenvalue weighted by atomic mass is 35.5. The van der Waals surface area contributed by atoms with E-state index >= 15 is 0 Å². The summed E-state index contributed by atoms with van der Waals surface area (Å²) in [6.07, 6.45) is 0.158. The fraction of sp³-hybridized carbons (Fsp3) is 0.333. The number of hydrogen-bond acceptors (Lipinski definition) is 5. The van der Waals surface area contributed by atoms with E-state index in [0.717, 1.165) is 12.1 Å². The van der Waals surface area contributed by atoms with E-state index in [0.29, 0.717) is 28.8 Å². The molecule has 2 aromatic rings. The first-order valence-corrected chi connectivity index (χ1v) is 9.81. The van der Waals surface area contributed by atoms with Gasteiger partial charge in [-0.2, -0.15) is 0 Å². The predicted molar refractivity (Wildman–Crippen MR) is 113 cm³/mol. The molecule has 0 saturated heterocycles. The fourth-order valence-electron chi connectivity index (χ4n) is 3.07. The lowest BCUT2D eigenvalue weighted by Gasteiger charge is -2.35. The molecule has 0 aliphatic carbocycles. The van der Waals surface area contributed by atoms with Crippen LogP contribution in [0.15, 0.2) is 42.5 Å². The third kappa shape index (κ3) is 5.12. The molecule has 0 fully saturated rings. The van der Waals surface area contributed by atoms with Crippen LogP contribution in [0.1, 0.15) is 13.3 Å². The van der Waals surface area contributed by atoms with Crippen LogP contribution in [0.2, 0.25) is 5.02 Å². The molecule has 1 aliphatic heterocycles. The average Bonchev–Trinajstić information content (AvgIpc) is 2.72. The van der Waals surface area contributed by atoms with Gasteiger partial charge >= 0.3 is 0 Å². The lowest BCUT2D eigenvalue weighted by atomic mass is 10.1. The molecule has 154 valence electrons. The van der Waals surface area contributed by atoms with Crippen molar-refractivity contribution in [3.63, 3.8) is 0 Å². The molecule has 0 bridgehead atoms. The van der Waals surface area contributed by atoms with E-state index in [1.807, 2.05) is 30.0 Å². The van der Waals surface area contributed by atoms with Crippen molar-refractivity contribution < 1.29 is 19.1 Å². The van der Waals surface area contributed by atoms with Gasteiger partial charge in [-0.15, -0.1) is 0 Å². The number of amides is 2. The molecule has 0 spiro atoms. The van der Waals surface area contributed by atoms with Crippen molar-refractivity contribution in [3.8, 4) is 11.5 Å². The van der Waals surface area contributed by atoms with Crippen LogP contribution in [-0.4, -0.2) is 44.7 Å². The molecule has 7 nitrogen and oxygen atoms in total. The summed E-state index contributed by atoms with van der Waals surface area (Å²) in [5, 5.41) is 6.09. The number of methoxy groups -OCH3 is 1. The molecule has 1 heterocycles. The lowest BCUT2D eigenvalue weighted by molar-refractivity contribution is -0.128. The van der Waals surface area contributed by atoms with E-state index in [-0.39, 0.29) is 24.9 Å². The second-order valence-corrected chi connectivity index (χ2v) is 7.05. The largest absolute Gasteiger partial charge is 0.495 e. The maximum Gasteiger partial charge on any atom is 0.262 e. The smallest absolute Gasteiger partial charge is 0.262 e. The van der Waals surface area contributed by atoms with Gasteiger partial charge < -0.3 is 25.0 Å². The van der Waals surface area contributed by atoms with Crippen molar-refractivity contribution in [2.75, 3.05) is 37.0 Å². The zero-order chi connectivity index (χ0) is 20.8. The number of anilines is 2. The van der Waals surface area contributed by atoms with Gasteiger partial charge in [-0.05, 0) is 36.8 Å². The molecule has 1 aliphatic rings. The van der Waals surface area contributed by atoms with Crippen molar-refractivity contribution >= 4 is 34.8 Å². The van der Waals surface area contributed by atoms with Gasteiger partial charge in [0.05, 0.1) is 30.9 Å². The van der Waals surface area contributed by atoms with E-state index < -0.39 is 6.10 Å². The monoisotopic (exact) mass is 417 g/mol. The topological polar surface area (TPSA) is 79.9 Å². The Kier molecular flexibility index (Phi) is 6.82. The Morgan fingerprint density at radius 2 is 2.07 bits per heavy atom. The zero-order valence-electron chi connectivity index (χ0n) is 16.4. The Bertz CT molecular complexity index is 890. The molecule has 8 heteroatoms. The summed E-state index contributed by atoms with van der Waals surface area (Å²) >= 11 is 6.12. The minimum absolute atomic E-state index is 0.0710. The molecule has 2 aromatic carbocycles. The van der Waals surface area contributed by atoms with E-state index in [1.54, 1.807) is 24.3 Å². The minimum Gasteiger partial charge on any atom is -0.495 e. The van der Waals surface area contributed by atoms with Crippen LogP contribution in [0.25, 0.3) is 0 Å². The Morgan fingerprint density at radius 3 is 2.79 bits per heavy atom. The Hall–Kier alpha value is -2.93. The van der Waals surface area contributed by atoms with Crippen LogP contribution in [0.5, 0.6) is 11.5 Å². The third-order valence-electron chi connectivity index (χ3n) is 4.47. The maximum absolute atomic E-state index is 12.6. The number of hydrogen-bond donors (Lipinski definition) is 2. The number of nitrogens with zero attached hydrogens (tertiary/aromatic N) is 1. The van der Waals surface area contributed by atoms with Gasteiger partial charge in [0, 0.05) is 12.2 Å². The number of fused-ring (bicyclic) bond motifs is 1. The minimum atomic E-state index is -0.681. The van der Waals surface area contributed by atoms with E-state index in [4.69, 9.17) is 21.1 Å². The molecule has 2 amide bonds. The summed E-state index contributed by atoms with van der Waals surface area (Å²) in [4.78, 5) is 26.9. The number of nitrogens with one attached hydrogen (secondary N) is 2. The quantitative estimate of drug-likeness (QED) is 0.723. The van der Waals surface area contributed by atoms with Crippen LogP contribution in [0.3, 0.4) is 0 Å². The van der Waals surface area contributed by atoms with Gasteiger partial charge in [-0.25, -0.2) is 0 Å². The summed E-state index contributed by atoms with van der Waals surface area (Å²) in [5.74, 6) is 0.702. The standard InChI is InChI=1S/C21H24ClN3O4/c1-3-10-23-21(27)19-12-25(16-6-4-5-7-18(16)29-19)13-20(26)24-14-8-9-17(28-2)15(22)11-14/h4-9,11,19H,3,10,12-13H2,1-2H3,(H,23,27)(H,24,26)/t19-/m0/s1. The first-order valence-electron chi connectivity index (χ1n) is 9.43. The maximum atomic E-state index is 12.6. The molecular weight excluding hydrogens is 394 g/mol. The van der Waals surface area contributed by atoms with Crippen LogP contribution in [0, 0.1) is 0 Å². The first-order chi connectivity index (χ1) is 14.0. The van der Waals surface area contributed by atoms with Crippen molar-refractivity contribution in [1.82, 2.24) is 5.32 Å². The highest BCUT2D eigenvalue weighted by Crippen LogP contribution is 2.33. The highest BCUT2D eigenvalue weighted by molar-refractivity contribution is 6.32. The normalized spacial score (nSPS) is 15.1. The predicted octanol–water partition coefficient (Wildman–Crippen LogP) is 3.08. The summed E-state index contributed by atoms with van der Waals surface area (Å²) in [6.45, 7) is 2.92. The summed E-state index contributed by atoms with van der Waals surface area (Å²) in [6, 6.07) is 12.4. The summed E-state index contributed by atoms with van der Waals surface area (Å²) in [7, 11) is 1.53. The number of para-hydroxylation sites is 2. The fourth-order valence-corrected chi connectivity index (χ4v) is 3.33. The third-order valence-corrected chi connectivity index (χ3v) is 4.77. The molecule has 1 atom stereocenters. The van der Waals surface area contributed by atoms with Crippen molar-refractivity contribution in [2.45, 2.75) is 19.4 Å². The molecule has 0 unspecified atom stereocenters. The Labute approximate surface area is 174 Å². The van der Waals surface area contributed by atoms with Gasteiger partial charge in [0.2, 0.25) is 5.91 Å². The number of carbonyl (C=O) groups excluding carboxylic acids is 2. The number of ether oxygens (including phenoxy) is 2. The Balaban J connectivity index is 1.71. The van der Waals surface area contributed by atoms with Crippen LogP contribution < -0.4 is 25.0 Å². The van der Waals surface area contributed by atoms with Crippen molar-refractivity contribution in [3.05, 3.63) is 47.5 Å². The van der Waals surface area contributed by atoms with Gasteiger partial charge in [0.1, 0.15) is 11.5 Å². The molecule has 0 saturated carbocycles. The van der Waals surface area contributed by atoms with E-state index in [1.165, 1.54) is 7.11 Å². The SMILES string of the molecule is CCCNC(=O)[C@@H]1CN(CC(=O)Nc2ccc(OC)c(Cl)c2)c2ccccc2O1. The molecular formula is C21H24ClN3O4. The van der Waals surface area contributed by atoms with E-state index in [9.17, 15) is 9.59 Å². The van der Waals surface area contributed by atoms with E-state index in [2.05, 4.69) is 10.6 Å². The second-order valence-electron chi connectivity index (χ2n) is 6.64. The van der Waals surface area contributed by atoms with Gasteiger partial charge in [0.15, 0.2) is 6.10 Å². The molecule has 29 heavy (non-hydrogen) atoms. The van der Waals surface area contributed by atoms with Gasteiger partial charge in [0.25, 0.3) is 5.91 Å². The number of benzene rings is 2. The van der Waals surface area contributed by atoms with Crippen molar-refractivity contribution in [2.24, 2.45) is 0 Å². The molecule has 0 aromatic heterocycles. The van der Waals surface area contributed by atoms with Crippen molar-refractivity contribution in [1.29, 1.82) is 0 Å². The number of carbonyl (C=O) groups is 2. The zero-order valence-corrected chi connectivity index (χ0v) is 17.2. The van der Waals surface area contributed by atoms with Gasteiger partial charge in [-0.1, -0.05) is 30.7 Å². The lowest BCUT2D eigenvalue weighted by Crippen LogP contribution is -2.50. The number of rotatable bonds is 7. The highest BCUT2D eigenvalue weighted by Gasteiger charge is 2.31. The molecule has 0 radical (unpaired) electrons. The van der Waals surface area contributed by atoms with Crippen LogP contribution in [0.4, 0.5) is 11.4 Å². The molecule has 3 rings (SSSR count). The molecule has 2 N–H and O–H groups in total. The van der Waals surface area contributed by atoms with Crippen LogP contribution in [-0.2, 0) is 9.59 Å². The Morgan fingerprint density at radius 1 is 1.28 bits per heavy atom. The van der Waals surface area contributed by atoms with Crippen LogP contribution >= 0.6 is 11.6 Å². The first kappa shape index (κ1) is 20.8. The summed E-state index contributed by atoms with van der Waals surface area (Å²) in [5.41, 5.74) is 1.34. The van der Waals surface area contributed by atoms with Gasteiger partial charge in [-0.3, -0.25) is 9.59 Å².